The van der Waals surface area contributed by atoms with Crippen molar-refractivity contribution in [1.82, 2.24) is 0 Å². The van der Waals surface area contributed by atoms with Gasteiger partial charge >= 0.3 is 5.97 Å². The Labute approximate surface area is 107 Å². The largest absolute Gasteiger partial charge is 0.462 e. The molecule has 0 bridgehead atoms. The number of esters is 1. The molecule has 0 fully saturated rings. The van der Waals surface area contributed by atoms with Crippen LogP contribution >= 0.6 is 0 Å². The van der Waals surface area contributed by atoms with Gasteiger partial charge in [-0.25, -0.2) is 4.79 Å². The van der Waals surface area contributed by atoms with Crippen molar-refractivity contribution in [2.24, 2.45) is 0 Å². The SMILES string of the molecule is CCOC(=O)c1ccc(N(C)C)c2ccccc12. The van der Waals surface area contributed by atoms with Gasteiger partial charge in [0.15, 0.2) is 0 Å². The first-order chi connectivity index (χ1) is 8.65. The van der Waals surface area contributed by atoms with Gasteiger partial charge in [-0.3, -0.25) is 0 Å². The van der Waals surface area contributed by atoms with E-state index >= 15 is 0 Å². The summed E-state index contributed by atoms with van der Waals surface area (Å²) in [4.78, 5) is 13.9. The quantitative estimate of drug-likeness (QED) is 0.776. The summed E-state index contributed by atoms with van der Waals surface area (Å²) in [6, 6.07) is 11.7. The van der Waals surface area contributed by atoms with Gasteiger partial charge < -0.3 is 9.64 Å². The molecule has 2 aromatic carbocycles. The Morgan fingerprint density at radius 1 is 1.11 bits per heavy atom. The van der Waals surface area contributed by atoms with E-state index in [1.807, 2.05) is 62.3 Å². The van der Waals surface area contributed by atoms with Crippen LogP contribution in [0.25, 0.3) is 10.8 Å². The summed E-state index contributed by atoms with van der Waals surface area (Å²) < 4.78 is 5.08. The number of carbonyl (C=O) groups excluding carboxylic acids is 1. The Morgan fingerprint density at radius 3 is 2.39 bits per heavy atom. The molecule has 3 nitrogen and oxygen atoms in total. The molecule has 0 unspecified atom stereocenters. The third kappa shape index (κ3) is 2.16. The van der Waals surface area contributed by atoms with Gasteiger partial charge in [-0.05, 0) is 24.4 Å². The minimum absolute atomic E-state index is 0.265. The molecule has 2 rings (SSSR count). The highest BCUT2D eigenvalue weighted by atomic mass is 16.5. The zero-order valence-corrected chi connectivity index (χ0v) is 10.9. The highest BCUT2D eigenvalue weighted by molar-refractivity contribution is 6.08. The molecule has 0 aliphatic carbocycles. The number of carbonyl (C=O) groups is 1. The number of hydrogen-bond donors (Lipinski definition) is 0. The van der Waals surface area contributed by atoms with Crippen molar-refractivity contribution in [2.45, 2.75) is 6.92 Å². The summed E-state index contributed by atoms with van der Waals surface area (Å²) in [6.45, 7) is 2.21. The van der Waals surface area contributed by atoms with Gasteiger partial charge in [-0.15, -0.1) is 0 Å². The molecule has 3 heteroatoms. The van der Waals surface area contributed by atoms with Crippen LogP contribution in [-0.4, -0.2) is 26.7 Å². The van der Waals surface area contributed by atoms with Crippen molar-refractivity contribution in [3.8, 4) is 0 Å². The minimum Gasteiger partial charge on any atom is -0.462 e. The molecule has 0 heterocycles. The fourth-order valence-electron chi connectivity index (χ4n) is 2.06. The van der Waals surface area contributed by atoms with Gasteiger partial charge in [0.1, 0.15) is 0 Å². The molecule has 0 atom stereocenters. The van der Waals surface area contributed by atoms with E-state index in [4.69, 9.17) is 4.74 Å². The van der Waals surface area contributed by atoms with E-state index in [1.165, 1.54) is 0 Å². The van der Waals surface area contributed by atoms with Crippen LogP contribution in [0.5, 0.6) is 0 Å². The molecule has 0 aliphatic heterocycles. The number of anilines is 1. The van der Waals surface area contributed by atoms with Crippen LogP contribution in [0, 0.1) is 0 Å². The number of rotatable bonds is 3. The number of hydrogen-bond acceptors (Lipinski definition) is 3. The lowest BCUT2D eigenvalue weighted by Crippen LogP contribution is -2.11. The van der Waals surface area contributed by atoms with Crippen LogP contribution < -0.4 is 4.90 Å². The average molecular weight is 243 g/mol. The Kier molecular flexibility index (Phi) is 3.51. The van der Waals surface area contributed by atoms with E-state index in [0.717, 1.165) is 16.5 Å². The zero-order chi connectivity index (χ0) is 13.1. The molecular weight excluding hydrogens is 226 g/mol. The summed E-state index contributed by atoms with van der Waals surface area (Å²) >= 11 is 0. The Hall–Kier alpha value is -2.03. The molecule has 0 N–H and O–H groups in total. The first kappa shape index (κ1) is 12.4. The van der Waals surface area contributed by atoms with E-state index in [2.05, 4.69) is 0 Å². The molecule has 94 valence electrons. The summed E-state index contributed by atoms with van der Waals surface area (Å²) in [5.74, 6) is -0.265. The fraction of sp³-hybridized carbons (Fsp3) is 0.267. The standard InChI is InChI=1S/C15H17NO2/c1-4-18-15(17)13-9-10-14(16(2)3)12-8-6-5-7-11(12)13/h5-10H,4H2,1-3H3. The lowest BCUT2D eigenvalue weighted by molar-refractivity contribution is 0.0528. The van der Waals surface area contributed by atoms with Crippen LogP contribution in [0.15, 0.2) is 36.4 Å². The summed E-state index contributed by atoms with van der Waals surface area (Å²) in [7, 11) is 3.98. The molecule has 0 spiro atoms. The van der Waals surface area contributed by atoms with Crippen LogP contribution in [0.2, 0.25) is 0 Å². The number of nitrogens with zero attached hydrogens (tertiary/aromatic N) is 1. The zero-order valence-electron chi connectivity index (χ0n) is 10.9. The maximum Gasteiger partial charge on any atom is 0.338 e. The van der Waals surface area contributed by atoms with Gasteiger partial charge in [0.25, 0.3) is 0 Å². The molecule has 0 saturated heterocycles. The normalized spacial score (nSPS) is 10.4. The maximum atomic E-state index is 11.9. The molecular formula is C15H17NO2. The van der Waals surface area contributed by atoms with E-state index < -0.39 is 0 Å². The first-order valence-electron chi connectivity index (χ1n) is 6.01. The van der Waals surface area contributed by atoms with E-state index in [0.29, 0.717) is 12.2 Å². The van der Waals surface area contributed by atoms with Gasteiger partial charge in [0, 0.05) is 25.2 Å². The van der Waals surface area contributed by atoms with E-state index in [1.54, 1.807) is 0 Å². The summed E-state index contributed by atoms with van der Waals surface area (Å²) in [5, 5.41) is 2.00. The van der Waals surface area contributed by atoms with Gasteiger partial charge in [-0.1, -0.05) is 24.3 Å². The second-order valence-corrected chi connectivity index (χ2v) is 4.29. The fourth-order valence-corrected chi connectivity index (χ4v) is 2.06. The summed E-state index contributed by atoms with van der Waals surface area (Å²) in [6.07, 6.45) is 0. The Morgan fingerprint density at radius 2 is 1.78 bits per heavy atom. The van der Waals surface area contributed by atoms with Crippen LogP contribution in [0.3, 0.4) is 0 Å². The van der Waals surface area contributed by atoms with Crippen molar-refractivity contribution in [3.05, 3.63) is 42.0 Å². The lowest BCUT2D eigenvalue weighted by Gasteiger charge is -2.17. The molecule has 0 radical (unpaired) electrons. The number of fused-ring (bicyclic) bond motifs is 1. The van der Waals surface area contributed by atoms with Crippen LogP contribution in [0.1, 0.15) is 17.3 Å². The molecule has 0 aromatic heterocycles. The minimum atomic E-state index is -0.265. The second kappa shape index (κ2) is 5.08. The van der Waals surface area contributed by atoms with Gasteiger partial charge in [0.2, 0.25) is 0 Å². The number of benzene rings is 2. The predicted octanol–water partition coefficient (Wildman–Crippen LogP) is 3.08. The maximum absolute atomic E-state index is 11.9. The third-order valence-electron chi connectivity index (χ3n) is 2.88. The molecule has 0 aliphatic rings. The van der Waals surface area contributed by atoms with Gasteiger partial charge in [0.05, 0.1) is 12.2 Å². The highest BCUT2D eigenvalue weighted by Crippen LogP contribution is 2.28. The summed E-state index contributed by atoms with van der Waals surface area (Å²) in [5.41, 5.74) is 1.72. The smallest absolute Gasteiger partial charge is 0.338 e. The van der Waals surface area contributed by atoms with Crippen LogP contribution in [-0.2, 0) is 4.74 Å². The second-order valence-electron chi connectivity index (χ2n) is 4.29. The number of ether oxygens (including phenoxy) is 1. The van der Waals surface area contributed by atoms with Crippen molar-refractivity contribution in [3.63, 3.8) is 0 Å². The van der Waals surface area contributed by atoms with Crippen molar-refractivity contribution >= 4 is 22.4 Å². The van der Waals surface area contributed by atoms with Crippen molar-refractivity contribution < 1.29 is 9.53 Å². The third-order valence-corrected chi connectivity index (χ3v) is 2.88. The van der Waals surface area contributed by atoms with Crippen LogP contribution in [0.4, 0.5) is 5.69 Å². The molecule has 18 heavy (non-hydrogen) atoms. The van der Waals surface area contributed by atoms with Gasteiger partial charge in [-0.2, -0.15) is 0 Å². The van der Waals surface area contributed by atoms with Crippen molar-refractivity contribution in [1.29, 1.82) is 0 Å². The van der Waals surface area contributed by atoms with E-state index in [-0.39, 0.29) is 5.97 Å². The van der Waals surface area contributed by atoms with Crippen molar-refractivity contribution in [2.75, 3.05) is 25.6 Å². The molecule has 0 amide bonds. The van der Waals surface area contributed by atoms with E-state index in [9.17, 15) is 4.79 Å². The first-order valence-corrected chi connectivity index (χ1v) is 6.01. The predicted molar refractivity (Wildman–Crippen MR) is 74.2 cm³/mol. The lowest BCUT2D eigenvalue weighted by atomic mass is 10.0. The Bertz CT molecular complexity index is 576. The highest BCUT2D eigenvalue weighted by Gasteiger charge is 2.13. The molecule has 2 aromatic rings. The Balaban J connectivity index is 2.64. The topological polar surface area (TPSA) is 29.5 Å². The monoisotopic (exact) mass is 243 g/mol. The average Bonchev–Trinajstić information content (AvgIpc) is 2.37. The molecule has 0 saturated carbocycles.